The molecule has 2 unspecified atom stereocenters. The maximum Gasteiger partial charge on any atom is 0.230 e. The van der Waals surface area contributed by atoms with Crippen molar-refractivity contribution < 1.29 is 17.9 Å². The van der Waals surface area contributed by atoms with E-state index in [0.717, 1.165) is 6.26 Å². The van der Waals surface area contributed by atoms with E-state index >= 15 is 0 Å². The number of carbonyl (C=O) groups is 1. The van der Waals surface area contributed by atoms with E-state index in [1.54, 1.807) is 20.8 Å². The van der Waals surface area contributed by atoms with E-state index in [0.29, 0.717) is 6.61 Å². The molecule has 1 rings (SSSR count). The summed E-state index contributed by atoms with van der Waals surface area (Å²) in [7, 11) is -3.33. The van der Waals surface area contributed by atoms with Gasteiger partial charge in [-0.3, -0.25) is 4.79 Å². The SMILES string of the molecule is CC(C)(CNC(=O)C1(C)COCC1N)NS(C)(=O)=O. The Hall–Kier alpha value is -0.700. The van der Waals surface area contributed by atoms with Crippen LogP contribution in [0, 0.1) is 5.41 Å². The number of rotatable bonds is 5. The standard InChI is InChI=1S/C11H23N3O4S/c1-10(2,14-19(4,16)17)6-13-9(15)11(3)7-18-5-8(11)12/h8,14H,5-7,12H2,1-4H3,(H,13,15). The van der Waals surface area contributed by atoms with Crippen LogP contribution < -0.4 is 15.8 Å². The molecule has 0 bridgehead atoms. The number of hydrogen-bond acceptors (Lipinski definition) is 5. The molecule has 0 aromatic heterocycles. The van der Waals surface area contributed by atoms with Gasteiger partial charge in [-0.2, -0.15) is 0 Å². The summed E-state index contributed by atoms with van der Waals surface area (Å²) in [6.45, 7) is 5.95. The quantitative estimate of drug-likeness (QED) is 0.589. The number of sulfonamides is 1. The second kappa shape index (κ2) is 5.35. The Bertz CT molecular complexity index is 449. The minimum atomic E-state index is -3.33. The summed E-state index contributed by atoms with van der Waals surface area (Å²) in [6.07, 6.45) is 1.08. The van der Waals surface area contributed by atoms with Gasteiger partial charge in [-0.05, 0) is 20.8 Å². The Morgan fingerprint density at radius 3 is 2.53 bits per heavy atom. The van der Waals surface area contributed by atoms with Gasteiger partial charge in [0.05, 0.1) is 24.9 Å². The van der Waals surface area contributed by atoms with Crippen molar-refractivity contribution in [2.45, 2.75) is 32.4 Å². The first-order valence-electron chi connectivity index (χ1n) is 6.07. The van der Waals surface area contributed by atoms with Gasteiger partial charge < -0.3 is 15.8 Å². The molecule has 0 aromatic carbocycles. The monoisotopic (exact) mass is 293 g/mol. The minimum absolute atomic E-state index is 0.182. The molecule has 1 fully saturated rings. The Morgan fingerprint density at radius 2 is 2.11 bits per heavy atom. The molecule has 0 aliphatic carbocycles. The van der Waals surface area contributed by atoms with Crippen molar-refractivity contribution in [1.82, 2.24) is 10.0 Å². The number of nitrogens with one attached hydrogen (secondary N) is 2. The highest BCUT2D eigenvalue weighted by atomic mass is 32.2. The second-order valence-corrected chi connectivity index (χ2v) is 7.73. The van der Waals surface area contributed by atoms with Crippen LogP contribution in [-0.4, -0.2) is 51.9 Å². The molecule has 1 saturated heterocycles. The lowest BCUT2D eigenvalue weighted by Crippen LogP contribution is -2.56. The maximum atomic E-state index is 12.1. The zero-order chi connectivity index (χ0) is 14.9. The summed E-state index contributed by atoms with van der Waals surface area (Å²) in [5, 5.41) is 2.73. The highest BCUT2D eigenvalue weighted by molar-refractivity contribution is 7.88. The minimum Gasteiger partial charge on any atom is -0.379 e. The summed E-state index contributed by atoms with van der Waals surface area (Å²) in [4.78, 5) is 12.1. The van der Waals surface area contributed by atoms with E-state index in [-0.39, 0.29) is 25.1 Å². The van der Waals surface area contributed by atoms with Gasteiger partial charge in [0.25, 0.3) is 0 Å². The molecule has 4 N–H and O–H groups in total. The van der Waals surface area contributed by atoms with Crippen LogP contribution in [0.2, 0.25) is 0 Å². The molecular weight excluding hydrogens is 270 g/mol. The Morgan fingerprint density at radius 1 is 1.53 bits per heavy atom. The fraction of sp³-hybridized carbons (Fsp3) is 0.909. The van der Waals surface area contributed by atoms with Crippen molar-refractivity contribution in [3.8, 4) is 0 Å². The van der Waals surface area contributed by atoms with E-state index in [1.807, 2.05) is 0 Å². The Kier molecular flexibility index (Phi) is 4.61. The molecule has 0 aromatic rings. The van der Waals surface area contributed by atoms with Crippen LogP contribution in [-0.2, 0) is 19.6 Å². The predicted molar refractivity (Wildman–Crippen MR) is 72.0 cm³/mol. The maximum absolute atomic E-state index is 12.1. The first kappa shape index (κ1) is 16.4. The number of nitrogens with two attached hydrogens (primary N) is 1. The lowest BCUT2D eigenvalue weighted by atomic mass is 9.84. The summed E-state index contributed by atoms with van der Waals surface area (Å²) >= 11 is 0. The lowest BCUT2D eigenvalue weighted by molar-refractivity contribution is -0.130. The van der Waals surface area contributed by atoms with E-state index in [2.05, 4.69) is 10.0 Å². The van der Waals surface area contributed by atoms with Gasteiger partial charge in [0.1, 0.15) is 0 Å². The van der Waals surface area contributed by atoms with Gasteiger partial charge in [0, 0.05) is 18.1 Å². The van der Waals surface area contributed by atoms with Crippen LogP contribution in [0.1, 0.15) is 20.8 Å². The molecule has 112 valence electrons. The Balaban J connectivity index is 2.59. The van der Waals surface area contributed by atoms with E-state index in [4.69, 9.17) is 10.5 Å². The average molecular weight is 293 g/mol. The summed E-state index contributed by atoms with van der Waals surface area (Å²) in [6, 6.07) is -0.349. The smallest absolute Gasteiger partial charge is 0.230 e. The molecule has 0 saturated carbocycles. The van der Waals surface area contributed by atoms with E-state index in [1.165, 1.54) is 0 Å². The number of ether oxygens (including phenoxy) is 1. The molecule has 0 spiro atoms. The van der Waals surface area contributed by atoms with E-state index < -0.39 is 21.0 Å². The second-order valence-electron chi connectivity index (χ2n) is 5.98. The van der Waals surface area contributed by atoms with Gasteiger partial charge in [-0.15, -0.1) is 0 Å². The lowest BCUT2D eigenvalue weighted by Gasteiger charge is -2.30. The fourth-order valence-electron chi connectivity index (χ4n) is 1.96. The van der Waals surface area contributed by atoms with Crippen molar-refractivity contribution in [1.29, 1.82) is 0 Å². The largest absolute Gasteiger partial charge is 0.379 e. The van der Waals surface area contributed by atoms with Crippen molar-refractivity contribution >= 4 is 15.9 Å². The number of amides is 1. The highest BCUT2D eigenvalue weighted by Gasteiger charge is 2.44. The molecule has 8 heteroatoms. The molecular formula is C11H23N3O4S. The van der Waals surface area contributed by atoms with Crippen LogP contribution in [0.5, 0.6) is 0 Å². The summed E-state index contributed by atoms with van der Waals surface area (Å²) in [5.41, 5.74) is 4.33. The molecule has 1 aliphatic heterocycles. The first-order chi connectivity index (χ1) is 8.46. The molecule has 1 amide bonds. The molecule has 0 radical (unpaired) electrons. The third kappa shape index (κ3) is 4.41. The van der Waals surface area contributed by atoms with Crippen LogP contribution in [0.15, 0.2) is 0 Å². The van der Waals surface area contributed by atoms with Gasteiger partial charge in [-0.25, -0.2) is 13.1 Å². The van der Waals surface area contributed by atoms with Crippen molar-refractivity contribution in [2.24, 2.45) is 11.1 Å². The van der Waals surface area contributed by atoms with Crippen LogP contribution in [0.25, 0.3) is 0 Å². The van der Waals surface area contributed by atoms with Gasteiger partial charge in [0.15, 0.2) is 0 Å². The van der Waals surface area contributed by atoms with Crippen LogP contribution in [0.3, 0.4) is 0 Å². The van der Waals surface area contributed by atoms with Crippen molar-refractivity contribution in [3.63, 3.8) is 0 Å². The fourth-order valence-corrected chi connectivity index (χ4v) is 3.04. The third-order valence-corrected chi connectivity index (χ3v) is 4.11. The Labute approximate surface area is 114 Å². The normalized spacial score (nSPS) is 28.4. The van der Waals surface area contributed by atoms with Gasteiger partial charge >= 0.3 is 0 Å². The average Bonchev–Trinajstić information content (AvgIpc) is 2.54. The zero-order valence-electron chi connectivity index (χ0n) is 11.8. The molecule has 2 atom stereocenters. The van der Waals surface area contributed by atoms with Gasteiger partial charge in [-0.1, -0.05) is 0 Å². The molecule has 19 heavy (non-hydrogen) atoms. The third-order valence-electron chi connectivity index (χ3n) is 3.19. The summed E-state index contributed by atoms with van der Waals surface area (Å²) < 4.78 is 30.1. The van der Waals surface area contributed by atoms with Crippen molar-refractivity contribution in [3.05, 3.63) is 0 Å². The molecule has 7 nitrogen and oxygen atoms in total. The van der Waals surface area contributed by atoms with Gasteiger partial charge in [0.2, 0.25) is 15.9 Å². The highest BCUT2D eigenvalue weighted by Crippen LogP contribution is 2.27. The van der Waals surface area contributed by atoms with Crippen LogP contribution >= 0.6 is 0 Å². The van der Waals surface area contributed by atoms with Crippen molar-refractivity contribution in [2.75, 3.05) is 26.0 Å². The zero-order valence-corrected chi connectivity index (χ0v) is 12.6. The molecule has 1 heterocycles. The first-order valence-corrected chi connectivity index (χ1v) is 7.96. The van der Waals surface area contributed by atoms with Crippen LogP contribution in [0.4, 0.5) is 0 Å². The van der Waals surface area contributed by atoms with E-state index in [9.17, 15) is 13.2 Å². The number of hydrogen-bond donors (Lipinski definition) is 3. The summed E-state index contributed by atoms with van der Waals surface area (Å²) in [5.74, 6) is -0.221. The predicted octanol–water partition coefficient (Wildman–Crippen LogP) is -1.21. The molecule has 1 aliphatic rings. The topological polar surface area (TPSA) is 111 Å². The number of carbonyl (C=O) groups excluding carboxylic acids is 1.